The van der Waals surface area contributed by atoms with E-state index in [4.69, 9.17) is 11.6 Å². The summed E-state index contributed by atoms with van der Waals surface area (Å²) >= 11 is 6.79. The van der Waals surface area contributed by atoms with Crippen LogP contribution in [0.3, 0.4) is 0 Å². The summed E-state index contributed by atoms with van der Waals surface area (Å²) in [4.78, 5) is 26.1. The van der Waals surface area contributed by atoms with Gasteiger partial charge in [-0.15, -0.1) is 11.3 Å². The Morgan fingerprint density at radius 1 is 1.21 bits per heavy atom. The second-order valence-corrected chi connectivity index (χ2v) is 11.2. The highest BCUT2D eigenvalue weighted by Crippen LogP contribution is 2.26. The maximum atomic E-state index is 14.5. The number of hydrogen-bond donors (Lipinski definition) is 2. The lowest BCUT2D eigenvalue weighted by atomic mass is 10.2. The van der Waals surface area contributed by atoms with E-state index in [9.17, 15) is 22.4 Å². The van der Waals surface area contributed by atoms with Gasteiger partial charge in [0.1, 0.15) is 10.0 Å². The van der Waals surface area contributed by atoms with Crippen molar-refractivity contribution in [2.45, 2.75) is 16.7 Å². The van der Waals surface area contributed by atoms with Crippen LogP contribution in [0.2, 0.25) is 4.34 Å². The number of nitrogens with one attached hydrogen (secondary N) is 2. The van der Waals surface area contributed by atoms with Crippen LogP contribution in [-0.4, -0.2) is 49.5 Å². The zero-order valence-electron chi connectivity index (χ0n) is 17.2. The number of halogens is 2. The largest absolute Gasteiger partial charge is 0.322 e. The molecule has 0 bridgehead atoms. The molecule has 3 heterocycles. The zero-order valence-corrected chi connectivity index (χ0v) is 19.6. The summed E-state index contributed by atoms with van der Waals surface area (Å²) in [7, 11) is -3.68. The Hall–Kier alpha value is -2.57. The van der Waals surface area contributed by atoms with Crippen LogP contribution in [0.1, 0.15) is 6.42 Å². The van der Waals surface area contributed by atoms with E-state index in [-0.39, 0.29) is 28.0 Å². The van der Waals surface area contributed by atoms with Gasteiger partial charge in [-0.05, 0) is 36.8 Å². The first-order valence-electron chi connectivity index (χ1n) is 9.99. The van der Waals surface area contributed by atoms with Gasteiger partial charge >= 0.3 is 0 Å². The number of nitrogens with zero attached hydrogens (tertiary/aromatic N) is 2. The van der Waals surface area contributed by atoms with E-state index in [1.165, 1.54) is 47.2 Å². The van der Waals surface area contributed by atoms with Crippen molar-refractivity contribution in [3.05, 3.63) is 75.2 Å². The van der Waals surface area contributed by atoms with Crippen LogP contribution in [-0.2, 0) is 14.8 Å². The molecule has 1 amide bonds. The van der Waals surface area contributed by atoms with Crippen molar-refractivity contribution in [2.75, 3.05) is 25.0 Å². The quantitative estimate of drug-likeness (QED) is 0.509. The van der Waals surface area contributed by atoms with Crippen molar-refractivity contribution < 1.29 is 17.6 Å². The van der Waals surface area contributed by atoms with Crippen LogP contribution in [0.5, 0.6) is 0 Å². The predicted octanol–water partition coefficient (Wildman–Crippen LogP) is 2.68. The monoisotopic (exact) mass is 510 g/mol. The van der Waals surface area contributed by atoms with Gasteiger partial charge in [-0.3, -0.25) is 19.1 Å². The molecule has 2 aromatic heterocycles. The summed E-state index contributed by atoms with van der Waals surface area (Å²) in [5.41, 5.74) is 0.0478. The van der Waals surface area contributed by atoms with Gasteiger partial charge < -0.3 is 5.32 Å². The summed E-state index contributed by atoms with van der Waals surface area (Å²) in [6.45, 7) is 0.858. The van der Waals surface area contributed by atoms with Gasteiger partial charge in [0, 0.05) is 37.5 Å². The van der Waals surface area contributed by atoms with E-state index >= 15 is 0 Å². The molecule has 1 atom stereocenters. The zero-order chi connectivity index (χ0) is 23.6. The third-order valence-electron chi connectivity index (χ3n) is 5.10. The van der Waals surface area contributed by atoms with Gasteiger partial charge in [0.25, 0.3) is 5.56 Å². The van der Waals surface area contributed by atoms with Crippen LogP contribution in [0.15, 0.2) is 63.7 Å². The number of rotatable bonds is 7. The SMILES string of the molecule is O=C(CN1CC[C@@H](NS(=O)(=O)c2ccc(Cl)s2)C1)Nc1ccc(-n2ccccc2=O)cc1F. The van der Waals surface area contributed by atoms with Crippen LogP contribution < -0.4 is 15.6 Å². The second kappa shape index (κ2) is 9.74. The Labute approximate surface area is 198 Å². The molecule has 12 heteroatoms. The summed E-state index contributed by atoms with van der Waals surface area (Å²) in [6.07, 6.45) is 2.07. The number of carbonyl (C=O) groups is 1. The fraction of sp³-hybridized carbons (Fsp3) is 0.238. The van der Waals surface area contributed by atoms with Crippen molar-refractivity contribution in [1.29, 1.82) is 0 Å². The van der Waals surface area contributed by atoms with Gasteiger partial charge in [0.15, 0.2) is 0 Å². The third-order valence-corrected chi connectivity index (χ3v) is 8.35. The van der Waals surface area contributed by atoms with Crippen molar-refractivity contribution in [3.63, 3.8) is 0 Å². The molecular formula is C21H20ClFN4O4S2. The molecule has 33 heavy (non-hydrogen) atoms. The molecule has 1 aromatic carbocycles. The van der Waals surface area contributed by atoms with Crippen LogP contribution in [0, 0.1) is 5.82 Å². The minimum Gasteiger partial charge on any atom is -0.322 e. The molecule has 2 N–H and O–H groups in total. The van der Waals surface area contributed by atoms with Crippen LogP contribution in [0.4, 0.5) is 10.1 Å². The molecule has 0 unspecified atom stereocenters. The van der Waals surface area contributed by atoms with E-state index in [2.05, 4.69) is 10.0 Å². The molecule has 0 radical (unpaired) electrons. The Balaban J connectivity index is 1.33. The number of anilines is 1. The second-order valence-electron chi connectivity index (χ2n) is 7.52. The minimum absolute atomic E-state index is 0.00115. The molecule has 8 nitrogen and oxygen atoms in total. The molecule has 1 aliphatic rings. The number of hydrogen-bond acceptors (Lipinski definition) is 6. The van der Waals surface area contributed by atoms with Crippen LogP contribution in [0.25, 0.3) is 5.69 Å². The molecule has 0 spiro atoms. The number of thiophene rings is 1. The van der Waals surface area contributed by atoms with Crippen molar-refractivity contribution in [2.24, 2.45) is 0 Å². The molecule has 1 saturated heterocycles. The number of pyridine rings is 1. The van der Waals surface area contributed by atoms with E-state index in [0.29, 0.717) is 29.5 Å². The number of carbonyl (C=O) groups excluding carboxylic acids is 1. The van der Waals surface area contributed by atoms with Gasteiger partial charge in [-0.25, -0.2) is 17.5 Å². The van der Waals surface area contributed by atoms with Gasteiger partial charge in [-0.1, -0.05) is 17.7 Å². The van der Waals surface area contributed by atoms with E-state index < -0.39 is 21.7 Å². The topological polar surface area (TPSA) is 101 Å². The Morgan fingerprint density at radius 3 is 2.73 bits per heavy atom. The van der Waals surface area contributed by atoms with E-state index in [1.54, 1.807) is 17.0 Å². The average molecular weight is 511 g/mol. The Bertz CT molecular complexity index is 1340. The lowest BCUT2D eigenvalue weighted by Crippen LogP contribution is -2.38. The summed E-state index contributed by atoms with van der Waals surface area (Å²) in [6, 6.07) is 11.4. The first-order valence-corrected chi connectivity index (χ1v) is 12.7. The van der Waals surface area contributed by atoms with E-state index in [0.717, 1.165) is 11.3 Å². The normalized spacial score (nSPS) is 16.7. The van der Waals surface area contributed by atoms with Gasteiger partial charge in [-0.2, -0.15) is 0 Å². The van der Waals surface area contributed by atoms with Gasteiger partial charge in [0.05, 0.1) is 22.3 Å². The van der Waals surface area contributed by atoms with Crippen molar-refractivity contribution >= 4 is 44.6 Å². The molecule has 0 saturated carbocycles. The summed E-state index contributed by atoms with van der Waals surface area (Å²) in [5.74, 6) is -1.09. The fourth-order valence-corrected chi connectivity index (χ4v) is 6.34. The highest BCUT2D eigenvalue weighted by Gasteiger charge is 2.29. The summed E-state index contributed by atoms with van der Waals surface area (Å²) in [5, 5.41) is 2.53. The van der Waals surface area contributed by atoms with Crippen molar-refractivity contribution in [3.8, 4) is 5.69 Å². The molecule has 0 aliphatic carbocycles. The van der Waals surface area contributed by atoms with Crippen molar-refractivity contribution in [1.82, 2.24) is 14.2 Å². The number of benzene rings is 1. The lowest BCUT2D eigenvalue weighted by molar-refractivity contribution is -0.117. The van der Waals surface area contributed by atoms with Crippen LogP contribution >= 0.6 is 22.9 Å². The molecule has 1 fully saturated rings. The first kappa shape index (κ1) is 23.6. The molecule has 3 aromatic rings. The maximum Gasteiger partial charge on any atom is 0.255 e. The third kappa shape index (κ3) is 5.68. The molecule has 4 rings (SSSR count). The minimum atomic E-state index is -3.68. The number of sulfonamides is 1. The fourth-order valence-electron chi connectivity index (χ4n) is 3.58. The highest BCUT2D eigenvalue weighted by molar-refractivity contribution is 7.91. The van der Waals surface area contributed by atoms with E-state index in [1.807, 2.05) is 0 Å². The average Bonchev–Trinajstić information content (AvgIpc) is 3.39. The molecular weight excluding hydrogens is 491 g/mol. The summed E-state index contributed by atoms with van der Waals surface area (Å²) < 4.78 is 43.9. The Morgan fingerprint density at radius 2 is 2.03 bits per heavy atom. The smallest absolute Gasteiger partial charge is 0.255 e. The standard InChI is InChI=1S/C21H20ClFN4O4S2/c22-18-6-7-21(32-18)33(30,31)25-14-8-10-26(12-14)13-19(28)24-17-5-4-15(11-16(17)23)27-9-2-1-3-20(27)29/h1-7,9,11,14,25H,8,10,12-13H2,(H,24,28)/t14-/m1/s1. The number of likely N-dealkylation sites (tertiary alicyclic amines) is 1. The highest BCUT2D eigenvalue weighted by atomic mass is 35.5. The number of aromatic nitrogens is 1. The Kier molecular flexibility index (Phi) is 6.96. The van der Waals surface area contributed by atoms with Gasteiger partial charge in [0.2, 0.25) is 15.9 Å². The number of amides is 1. The first-order chi connectivity index (χ1) is 15.7. The molecule has 1 aliphatic heterocycles. The maximum absolute atomic E-state index is 14.5. The molecule has 174 valence electrons. The lowest BCUT2D eigenvalue weighted by Gasteiger charge is -2.16. The predicted molar refractivity (Wildman–Crippen MR) is 125 cm³/mol.